The molecule has 1 rings (SSSR count). The molecule has 0 aliphatic heterocycles. The molecule has 2 nitrogen and oxygen atoms in total. The molecule has 1 aliphatic carbocycles. The second-order valence-electron chi connectivity index (χ2n) is 4.46. The first-order valence-corrected chi connectivity index (χ1v) is 4.94. The van der Waals surface area contributed by atoms with E-state index < -0.39 is 17.9 Å². The molecule has 0 radical (unpaired) electrons. The Labute approximate surface area is 83.3 Å². The van der Waals surface area contributed by atoms with Crippen molar-refractivity contribution in [3.63, 3.8) is 0 Å². The lowest BCUT2D eigenvalue weighted by atomic mass is 9.71. The molecule has 0 aromatic heterocycles. The van der Waals surface area contributed by atoms with Crippen LogP contribution < -0.4 is 0 Å². The Kier molecular flexibility index (Phi) is 3.84. The lowest BCUT2D eigenvalue weighted by molar-refractivity contribution is -0.0307. The Hall–Kier alpha value is -0.220. The Morgan fingerprint density at radius 1 is 1.57 bits per heavy atom. The minimum absolute atomic E-state index is 0.000773. The van der Waals surface area contributed by atoms with Gasteiger partial charge in [-0.1, -0.05) is 0 Å². The topological polar surface area (TPSA) is 29.5 Å². The predicted molar refractivity (Wildman–Crippen MR) is 49.6 cm³/mol. The number of methoxy groups -OCH3 is 1. The molecule has 0 saturated heterocycles. The average molecular weight is 208 g/mol. The normalized spacial score (nSPS) is 36.2. The summed E-state index contributed by atoms with van der Waals surface area (Å²) in [7, 11) is 1.41. The van der Waals surface area contributed by atoms with E-state index in [-0.39, 0.29) is 18.9 Å². The van der Waals surface area contributed by atoms with Crippen molar-refractivity contribution in [2.45, 2.75) is 44.1 Å². The minimum Gasteiger partial charge on any atom is -0.388 e. The molecule has 1 saturated carbocycles. The van der Waals surface area contributed by atoms with Crippen LogP contribution in [0, 0.1) is 5.92 Å². The van der Waals surface area contributed by atoms with Crippen LogP contribution in [0.5, 0.6) is 0 Å². The van der Waals surface area contributed by atoms with Crippen LogP contribution in [0.3, 0.4) is 0 Å². The molecule has 2 atom stereocenters. The van der Waals surface area contributed by atoms with E-state index in [1.807, 2.05) is 0 Å². The molecule has 1 fully saturated rings. The summed E-state index contributed by atoms with van der Waals surface area (Å²) in [4.78, 5) is 0. The molecule has 1 N–H and O–H groups in total. The van der Waals surface area contributed by atoms with Crippen LogP contribution in [-0.2, 0) is 4.74 Å². The summed E-state index contributed by atoms with van der Waals surface area (Å²) in [6.07, 6.45) is -1.31. The van der Waals surface area contributed by atoms with Crippen LogP contribution in [0.4, 0.5) is 8.78 Å². The van der Waals surface area contributed by atoms with Crippen LogP contribution in [0.1, 0.15) is 26.2 Å². The molecule has 14 heavy (non-hydrogen) atoms. The van der Waals surface area contributed by atoms with Crippen molar-refractivity contribution >= 4 is 0 Å². The number of aliphatic hydroxyl groups excluding tert-OH is 1. The van der Waals surface area contributed by atoms with Crippen molar-refractivity contribution in [1.82, 2.24) is 0 Å². The Morgan fingerprint density at radius 3 is 2.57 bits per heavy atom. The quantitative estimate of drug-likeness (QED) is 0.747. The summed E-state index contributed by atoms with van der Waals surface area (Å²) in [6.45, 7) is 1.53. The zero-order valence-corrected chi connectivity index (χ0v) is 8.67. The molecule has 0 heterocycles. The summed E-state index contributed by atoms with van der Waals surface area (Å²) in [5.74, 6) is 0.0755. The third kappa shape index (κ3) is 3.17. The summed E-state index contributed by atoms with van der Waals surface area (Å²) in [6, 6.07) is 0. The summed E-state index contributed by atoms with van der Waals surface area (Å²) in [5, 5.41) is 9.22. The van der Waals surface area contributed by atoms with Gasteiger partial charge in [-0.15, -0.1) is 0 Å². The van der Waals surface area contributed by atoms with E-state index in [2.05, 4.69) is 4.74 Å². The van der Waals surface area contributed by atoms with Crippen molar-refractivity contribution in [2.24, 2.45) is 5.92 Å². The van der Waals surface area contributed by atoms with E-state index in [4.69, 9.17) is 0 Å². The van der Waals surface area contributed by atoms with Crippen LogP contribution in [0.25, 0.3) is 0 Å². The van der Waals surface area contributed by atoms with Gasteiger partial charge in [-0.05, 0) is 32.1 Å². The van der Waals surface area contributed by atoms with Crippen LogP contribution >= 0.6 is 0 Å². The number of rotatable bonds is 5. The van der Waals surface area contributed by atoms with Crippen molar-refractivity contribution in [3.8, 4) is 0 Å². The molecule has 0 spiro atoms. The molecular formula is C10H18F2O2. The van der Waals surface area contributed by atoms with Crippen molar-refractivity contribution in [3.05, 3.63) is 0 Å². The van der Waals surface area contributed by atoms with Gasteiger partial charge in [0, 0.05) is 7.11 Å². The smallest absolute Gasteiger partial charge is 0.128 e. The van der Waals surface area contributed by atoms with Crippen LogP contribution in [0.15, 0.2) is 0 Å². The Morgan fingerprint density at radius 2 is 2.14 bits per heavy atom. The number of hydrogen-bond acceptors (Lipinski definition) is 2. The maximum Gasteiger partial charge on any atom is 0.128 e. The predicted octanol–water partition coefficient (Wildman–Crippen LogP) is 1.86. The van der Waals surface area contributed by atoms with Crippen molar-refractivity contribution in [2.75, 3.05) is 13.7 Å². The third-order valence-corrected chi connectivity index (χ3v) is 2.74. The van der Waals surface area contributed by atoms with E-state index in [1.54, 1.807) is 0 Å². The molecule has 0 aromatic carbocycles. The monoisotopic (exact) mass is 208 g/mol. The molecule has 0 amide bonds. The summed E-state index contributed by atoms with van der Waals surface area (Å²) in [5.41, 5.74) is -1.11. The first-order valence-electron chi connectivity index (χ1n) is 4.94. The van der Waals surface area contributed by atoms with Crippen LogP contribution in [-0.4, -0.2) is 36.8 Å². The number of ether oxygens (including phenoxy) is 1. The van der Waals surface area contributed by atoms with Crippen LogP contribution in [0.2, 0.25) is 0 Å². The second kappa shape index (κ2) is 4.53. The Balaban J connectivity index is 2.18. The maximum atomic E-state index is 13.3. The van der Waals surface area contributed by atoms with Gasteiger partial charge in [0.25, 0.3) is 0 Å². The fourth-order valence-electron chi connectivity index (χ4n) is 2.06. The summed E-state index contributed by atoms with van der Waals surface area (Å²) < 4.78 is 30.9. The number of aliphatic hydroxyl groups is 1. The molecule has 2 unspecified atom stereocenters. The van der Waals surface area contributed by atoms with Gasteiger partial charge < -0.3 is 9.84 Å². The van der Waals surface area contributed by atoms with E-state index in [1.165, 1.54) is 14.0 Å². The van der Waals surface area contributed by atoms with Gasteiger partial charge in [-0.2, -0.15) is 0 Å². The highest BCUT2D eigenvalue weighted by Crippen LogP contribution is 2.43. The molecule has 0 aromatic rings. The SMILES string of the molecule is COCC(O)C(F)CC1CC(C)(F)C1. The highest BCUT2D eigenvalue weighted by atomic mass is 19.1. The highest BCUT2D eigenvalue weighted by molar-refractivity contribution is 4.92. The van der Waals surface area contributed by atoms with Gasteiger partial charge in [0.05, 0.1) is 6.61 Å². The van der Waals surface area contributed by atoms with E-state index in [0.717, 1.165) is 0 Å². The van der Waals surface area contributed by atoms with Gasteiger partial charge in [-0.3, -0.25) is 0 Å². The standard InChI is InChI=1S/C10H18F2O2/c1-10(12)4-7(5-10)3-8(11)9(13)6-14-2/h7-9,13H,3-6H2,1-2H3. The molecule has 84 valence electrons. The van der Waals surface area contributed by atoms with Gasteiger partial charge in [0.15, 0.2) is 0 Å². The zero-order chi connectivity index (χ0) is 10.8. The number of halogens is 2. The van der Waals surface area contributed by atoms with E-state index >= 15 is 0 Å². The minimum atomic E-state index is -1.30. The average Bonchev–Trinajstić information content (AvgIpc) is 2.01. The molecule has 0 bridgehead atoms. The zero-order valence-electron chi connectivity index (χ0n) is 8.67. The fourth-order valence-corrected chi connectivity index (χ4v) is 2.06. The first-order chi connectivity index (χ1) is 6.44. The first kappa shape index (κ1) is 11.9. The van der Waals surface area contributed by atoms with E-state index in [0.29, 0.717) is 12.8 Å². The lowest BCUT2D eigenvalue weighted by Gasteiger charge is -2.39. The largest absolute Gasteiger partial charge is 0.388 e. The highest BCUT2D eigenvalue weighted by Gasteiger charge is 2.41. The molecule has 4 heteroatoms. The van der Waals surface area contributed by atoms with Crippen molar-refractivity contribution in [1.29, 1.82) is 0 Å². The van der Waals surface area contributed by atoms with Gasteiger partial charge in [0.1, 0.15) is 17.9 Å². The number of hydrogen-bond donors (Lipinski definition) is 1. The maximum absolute atomic E-state index is 13.3. The molecular weight excluding hydrogens is 190 g/mol. The van der Waals surface area contributed by atoms with Gasteiger partial charge in [0.2, 0.25) is 0 Å². The lowest BCUT2D eigenvalue weighted by Crippen LogP contribution is -2.40. The van der Waals surface area contributed by atoms with E-state index in [9.17, 15) is 13.9 Å². The second-order valence-corrected chi connectivity index (χ2v) is 4.46. The van der Waals surface area contributed by atoms with Gasteiger partial charge in [-0.25, -0.2) is 8.78 Å². The van der Waals surface area contributed by atoms with Gasteiger partial charge >= 0.3 is 0 Å². The number of alkyl halides is 2. The summed E-state index contributed by atoms with van der Waals surface area (Å²) >= 11 is 0. The Bertz CT molecular complexity index is 177. The third-order valence-electron chi connectivity index (χ3n) is 2.74. The molecule has 1 aliphatic rings. The fraction of sp³-hybridized carbons (Fsp3) is 1.00. The van der Waals surface area contributed by atoms with Crippen molar-refractivity contribution < 1.29 is 18.6 Å².